The number of para-hydroxylation sites is 2. The van der Waals surface area contributed by atoms with Crippen molar-refractivity contribution in [3.63, 3.8) is 0 Å². The minimum atomic E-state index is -3.77. The van der Waals surface area contributed by atoms with Crippen LogP contribution in [0, 0.1) is 0 Å². The molecule has 0 bridgehead atoms. The van der Waals surface area contributed by atoms with Gasteiger partial charge in [0.1, 0.15) is 5.75 Å². The van der Waals surface area contributed by atoms with E-state index in [0.29, 0.717) is 23.7 Å². The molecule has 8 heteroatoms. The highest BCUT2D eigenvalue weighted by atomic mass is 32.2. The lowest BCUT2D eigenvalue weighted by Gasteiger charge is -2.16. The van der Waals surface area contributed by atoms with Crippen LogP contribution >= 0.6 is 0 Å². The molecular formula is C19H23N3O4S. The number of hydrogen-bond donors (Lipinski definition) is 2. The fraction of sp³-hybridized carbons (Fsp3) is 0.316. The Morgan fingerprint density at radius 1 is 1.07 bits per heavy atom. The van der Waals surface area contributed by atoms with Crippen molar-refractivity contribution in [1.82, 2.24) is 4.90 Å². The first-order chi connectivity index (χ1) is 13.0. The summed E-state index contributed by atoms with van der Waals surface area (Å²) in [6.45, 7) is 3.77. The number of ether oxygens (including phenoxy) is 1. The summed E-state index contributed by atoms with van der Waals surface area (Å²) >= 11 is 0. The Balaban J connectivity index is 1.71. The van der Waals surface area contributed by atoms with E-state index >= 15 is 0 Å². The highest BCUT2D eigenvalue weighted by Gasteiger charge is 2.19. The monoisotopic (exact) mass is 389 g/mol. The van der Waals surface area contributed by atoms with Crippen molar-refractivity contribution in [3.05, 3.63) is 48.5 Å². The molecule has 0 radical (unpaired) electrons. The van der Waals surface area contributed by atoms with E-state index in [4.69, 9.17) is 4.74 Å². The Hall–Kier alpha value is -2.74. The number of sulfonamides is 1. The van der Waals surface area contributed by atoms with E-state index in [-0.39, 0.29) is 10.9 Å². The van der Waals surface area contributed by atoms with Crippen LogP contribution in [0.15, 0.2) is 53.4 Å². The van der Waals surface area contributed by atoms with E-state index in [1.54, 1.807) is 41.3 Å². The number of nitrogens with zero attached hydrogens (tertiary/aromatic N) is 1. The lowest BCUT2D eigenvalue weighted by molar-refractivity contribution is 0.222. The first kappa shape index (κ1) is 19.0. The first-order valence-corrected chi connectivity index (χ1v) is 10.4. The molecule has 2 N–H and O–H groups in total. The van der Waals surface area contributed by atoms with E-state index < -0.39 is 10.0 Å². The van der Waals surface area contributed by atoms with Crippen molar-refractivity contribution in [2.75, 3.05) is 29.7 Å². The number of hydrogen-bond acceptors (Lipinski definition) is 4. The van der Waals surface area contributed by atoms with Crippen LogP contribution in [0.5, 0.6) is 5.75 Å². The first-order valence-electron chi connectivity index (χ1n) is 8.90. The van der Waals surface area contributed by atoms with Gasteiger partial charge < -0.3 is 15.0 Å². The molecule has 0 unspecified atom stereocenters. The molecule has 7 nitrogen and oxygen atoms in total. The molecule has 1 aliphatic rings. The van der Waals surface area contributed by atoms with Crippen LogP contribution in [0.4, 0.5) is 16.2 Å². The van der Waals surface area contributed by atoms with E-state index in [1.165, 1.54) is 12.1 Å². The topological polar surface area (TPSA) is 87.7 Å². The average molecular weight is 389 g/mol. The van der Waals surface area contributed by atoms with Gasteiger partial charge in [-0.1, -0.05) is 12.1 Å². The molecular weight excluding hydrogens is 366 g/mol. The van der Waals surface area contributed by atoms with Crippen LogP contribution in [-0.2, 0) is 10.0 Å². The molecule has 0 spiro atoms. The number of anilines is 2. The van der Waals surface area contributed by atoms with Gasteiger partial charge in [-0.05, 0) is 56.2 Å². The smallest absolute Gasteiger partial charge is 0.321 e. The number of benzene rings is 2. The predicted molar refractivity (Wildman–Crippen MR) is 105 cm³/mol. The molecule has 2 aromatic rings. The number of nitrogens with one attached hydrogen (secondary N) is 2. The van der Waals surface area contributed by atoms with Crippen LogP contribution in [0.2, 0.25) is 0 Å². The largest absolute Gasteiger partial charge is 0.492 e. The highest BCUT2D eigenvalue weighted by Crippen LogP contribution is 2.27. The van der Waals surface area contributed by atoms with Crippen LogP contribution in [0.1, 0.15) is 19.8 Å². The average Bonchev–Trinajstić information content (AvgIpc) is 3.19. The number of likely N-dealkylation sites (tertiary alicyclic amines) is 1. The van der Waals surface area contributed by atoms with E-state index in [2.05, 4.69) is 10.0 Å². The van der Waals surface area contributed by atoms with E-state index in [0.717, 1.165) is 25.9 Å². The summed E-state index contributed by atoms with van der Waals surface area (Å²) in [4.78, 5) is 14.0. The minimum Gasteiger partial charge on any atom is -0.492 e. The summed E-state index contributed by atoms with van der Waals surface area (Å²) in [5.41, 5.74) is 0.936. The van der Waals surface area contributed by atoms with Gasteiger partial charge in [-0.25, -0.2) is 13.2 Å². The van der Waals surface area contributed by atoms with Gasteiger partial charge in [0.15, 0.2) is 0 Å². The molecule has 1 heterocycles. The molecule has 27 heavy (non-hydrogen) atoms. The third kappa shape index (κ3) is 4.71. The molecule has 1 fully saturated rings. The van der Waals surface area contributed by atoms with Crippen LogP contribution in [0.25, 0.3) is 0 Å². The van der Waals surface area contributed by atoms with E-state index in [9.17, 15) is 13.2 Å². The Kier molecular flexibility index (Phi) is 5.85. The van der Waals surface area contributed by atoms with Gasteiger partial charge >= 0.3 is 6.03 Å². The van der Waals surface area contributed by atoms with E-state index in [1.807, 2.05) is 6.92 Å². The zero-order valence-electron chi connectivity index (χ0n) is 15.1. The van der Waals surface area contributed by atoms with Gasteiger partial charge in [-0.15, -0.1) is 0 Å². The van der Waals surface area contributed by atoms with Crippen molar-refractivity contribution >= 4 is 27.4 Å². The standard InChI is InChI=1S/C19H23N3O4S/c1-2-26-18-8-4-3-7-17(18)21-27(24,25)16-11-9-15(10-12-16)20-19(23)22-13-5-6-14-22/h3-4,7-12,21H,2,5-6,13-14H2,1H3,(H,20,23). The van der Waals surface area contributed by atoms with Gasteiger partial charge in [0.25, 0.3) is 10.0 Å². The SMILES string of the molecule is CCOc1ccccc1NS(=O)(=O)c1ccc(NC(=O)N2CCCC2)cc1. The van der Waals surface area contributed by atoms with Gasteiger partial charge in [0.05, 0.1) is 17.2 Å². The van der Waals surface area contributed by atoms with Crippen molar-refractivity contribution in [2.45, 2.75) is 24.7 Å². The maximum Gasteiger partial charge on any atom is 0.321 e. The van der Waals surface area contributed by atoms with Gasteiger partial charge in [0.2, 0.25) is 0 Å². The van der Waals surface area contributed by atoms with Crippen molar-refractivity contribution in [3.8, 4) is 5.75 Å². The number of rotatable bonds is 6. The second-order valence-electron chi connectivity index (χ2n) is 6.18. The van der Waals surface area contributed by atoms with Crippen molar-refractivity contribution < 1.29 is 17.9 Å². The second-order valence-corrected chi connectivity index (χ2v) is 7.87. The molecule has 0 aromatic heterocycles. The van der Waals surface area contributed by atoms with Crippen molar-refractivity contribution in [1.29, 1.82) is 0 Å². The predicted octanol–water partition coefficient (Wildman–Crippen LogP) is 3.51. The third-order valence-corrected chi connectivity index (χ3v) is 5.62. The van der Waals surface area contributed by atoms with Crippen molar-refractivity contribution in [2.24, 2.45) is 0 Å². The summed E-state index contributed by atoms with van der Waals surface area (Å²) < 4.78 is 33.3. The molecule has 1 saturated heterocycles. The Bertz CT molecular complexity index is 891. The molecule has 1 aliphatic heterocycles. The van der Waals surface area contributed by atoms with Crippen LogP contribution in [-0.4, -0.2) is 39.0 Å². The molecule has 2 aromatic carbocycles. The zero-order valence-corrected chi connectivity index (χ0v) is 16.0. The fourth-order valence-corrected chi connectivity index (χ4v) is 3.95. The summed E-state index contributed by atoms with van der Waals surface area (Å²) in [6.07, 6.45) is 2.03. The summed E-state index contributed by atoms with van der Waals surface area (Å²) in [6, 6.07) is 12.8. The highest BCUT2D eigenvalue weighted by molar-refractivity contribution is 7.92. The second kappa shape index (κ2) is 8.30. The summed E-state index contributed by atoms with van der Waals surface area (Å²) in [7, 11) is -3.77. The molecule has 2 amide bonds. The Morgan fingerprint density at radius 2 is 1.74 bits per heavy atom. The number of amides is 2. The molecule has 3 rings (SSSR count). The molecule has 0 atom stereocenters. The maximum atomic E-state index is 12.6. The third-order valence-electron chi connectivity index (χ3n) is 4.24. The summed E-state index contributed by atoms with van der Waals surface area (Å²) in [5.74, 6) is 0.470. The number of carbonyl (C=O) groups is 1. The number of carbonyl (C=O) groups excluding carboxylic acids is 1. The van der Waals surface area contributed by atoms with Gasteiger partial charge in [-0.3, -0.25) is 4.72 Å². The minimum absolute atomic E-state index is 0.105. The van der Waals surface area contributed by atoms with Crippen LogP contribution in [0.3, 0.4) is 0 Å². The fourth-order valence-electron chi connectivity index (χ4n) is 2.88. The Labute approximate surface area is 159 Å². The van der Waals surface area contributed by atoms with Crippen LogP contribution < -0.4 is 14.8 Å². The lowest BCUT2D eigenvalue weighted by atomic mass is 10.3. The van der Waals surface area contributed by atoms with Gasteiger partial charge in [0, 0.05) is 18.8 Å². The quantitative estimate of drug-likeness (QED) is 0.791. The van der Waals surface area contributed by atoms with Gasteiger partial charge in [-0.2, -0.15) is 0 Å². The summed E-state index contributed by atoms with van der Waals surface area (Å²) in [5, 5.41) is 2.79. The lowest BCUT2D eigenvalue weighted by Crippen LogP contribution is -2.32. The maximum absolute atomic E-state index is 12.6. The zero-order chi connectivity index (χ0) is 19.3. The normalized spacial score (nSPS) is 14.0. The molecule has 144 valence electrons. The molecule has 0 saturated carbocycles. The number of urea groups is 1. The Morgan fingerprint density at radius 3 is 2.41 bits per heavy atom. The molecule has 0 aliphatic carbocycles.